The fraction of sp³-hybridized carbons (Fsp3) is 1.00. The highest BCUT2D eigenvalue weighted by atomic mass is 79.9. The van der Waals surface area contributed by atoms with Crippen LogP contribution in [0.15, 0.2) is 0 Å². The number of unbranched alkanes of at least 4 members (excludes halogenated alkanes) is 1. The van der Waals surface area contributed by atoms with E-state index in [2.05, 4.69) is 22.9 Å². The van der Waals surface area contributed by atoms with E-state index in [-0.39, 0.29) is 0 Å². The van der Waals surface area contributed by atoms with E-state index in [4.69, 9.17) is 4.74 Å². The lowest BCUT2D eigenvalue weighted by Gasteiger charge is -2.16. The third-order valence-corrected chi connectivity index (χ3v) is 3.74. The maximum Gasteiger partial charge on any atom is 0.0498 e. The zero-order valence-corrected chi connectivity index (χ0v) is 10.5. The first-order chi connectivity index (χ1) is 6.77. The zero-order valence-electron chi connectivity index (χ0n) is 8.92. The molecule has 0 aromatic rings. The van der Waals surface area contributed by atoms with Gasteiger partial charge in [-0.1, -0.05) is 29.3 Å². The largest absolute Gasteiger partial charge is 0.396 e. The molecule has 84 valence electrons. The second-order valence-corrected chi connectivity index (χ2v) is 5.49. The van der Waals surface area contributed by atoms with E-state index in [1.54, 1.807) is 0 Å². The summed E-state index contributed by atoms with van der Waals surface area (Å²) in [7, 11) is 0. The molecule has 3 heteroatoms. The second kappa shape index (κ2) is 6.81. The molecule has 1 fully saturated rings. The topological polar surface area (TPSA) is 29.5 Å². The maximum absolute atomic E-state index is 9.18. The minimum atomic E-state index is 0.309. The number of halogens is 1. The Labute approximate surface area is 95.2 Å². The number of rotatable bonds is 6. The summed E-state index contributed by atoms with van der Waals surface area (Å²) in [5, 5.41) is 9.18. The smallest absolute Gasteiger partial charge is 0.0498 e. The second-order valence-electron chi connectivity index (χ2n) is 4.20. The normalized spacial score (nSPS) is 32.4. The van der Waals surface area contributed by atoms with Crippen molar-refractivity contribution in [1.29, 1.82) is 0 Å². The molecule has 0 unspecified atom stereocenters. The Hall–Kier alpha value is 0.400. The maximum atomic E-state index is 9.18. The summed E-state index contributed by atoms with van der Waals surface area (Å²) in [6.45, 7) is 4.18. The van der Waals surface area contributed by atoms with Crippen LogP contribution >= 0.6 is 15.9 Å². The van der Waals surface area contributed by atoms with Crippen LogP contribution in [0.4, 0.5) is 0 Å². The molecule has 0 saturated heterocycles. The molecular formula is C11H21BrO2. The van der Waals surface area contributed by atoms with Gasteiger partial charge < -0.3 is 9.84 Å². The van der Waals surface area contributed by atoms with Gasteiger partial charge in [0, 0.05) is 24.6 Å². The van der Waals surface area contributed by atoms with Crippen molar-refractivity contribution >= 4 is 15.9 Å². The molecule has 1 aliphatic carbocycles. The highest BCUT2D eigenvalue weighted by Gasteiger charge is 2.32. The fourth-order valence-electron chi connectivity index (χ4n) is 2.05. The Bertz CT molecular complexity index is 152. The minimum Gasteiger partial charge on any atom is -0.396 e. The molecule has 0 bridgehead atoms. The van der Waals surface area contributed by atoms with Crippen LogP contribution < -0.4 is 0 Å². The van der Waals surface area contributed by atoms with Gasteiger partial charge in [-0.25, -0.2) is 0 Å². The molecule has 0 aromatic carbocycles. The van der Waals surface area contributed by atoms with Gasteiger partial charge in [0.2, 0.25) is 0 Å². The number of hydrogen-bond donors (Lipinski definition) is 1. The van der Waals surface area contributed by atoms with Crippen molar-refractivity contribution in [2.24, 2.45) is 11.8 Å². The molecule has 1 rings (SSSR count). The number of ether oxygens (including phenoxy) is 1. The van der Waals surface area contributed by atoms with Crippen molar-refractivity contribution in [1.82, 2.24) is 0 Å². The SMILES string of the molecule is CCCCOC[C@H]1C[C@H](Br)C[C@@H]1CO. The van der Waals surface area contributed by atoms with Crippen LogP contribution in [0.25, 0.3) is 0 Å². The van der Waals surface area contributed by atoms with Crippen molar-refractivity contribution in [2.75, 3.05) is 19.8 Å². The predicted molar refractivity (Wildman–Crippen MR) is 61.7 cm³/mol. The summed E-state index contributed by atoms with van der Waals surface area (Å²) < 4.78 is 5.61. The van der Waals surface area contributed by atoms with E-state index in [9.17, 15) is 5.11 Å². The summed E-state index contributed by atoms with van der Waals surface area (Å²) in [5.74, 6) is 1.00. The van der Waals surface area contributed by atoms with E-state index in [1.165, 1.54) is 6.42 Å². The van der Waals surface area contributed by atoms with Crippen LogP contribution in [-0.4, -0.2) is 29.8 Å². The molecule has 1 saturated carbocycles. The highest BCUT2D eigenvalue weighted by molar-refractivity contribution is 9.09. The van der Waals surface area contributed by atoms with Gasteiger partial charge in [-0.15, -0.1) is 0 Å². The minimum absolute atomic E-state index is 0.309. The average Bonchev–Trinajstić information content (AvgIpc) is 2.54. The quantitative estimate of drug-likeness (QED) is 0.591. The molecular weight excluding hydrogens is 244 g/mol. The molecule has 0 aliphatic heterocycles. The molecule has 1 aliphatic rings. The van der Waals surface area contributed by atoms with Gasteiger partial charge in [-0.2, -0.15) is 0 Å². The summed E-state index contributed by atoms with van der Waals surface area (Å²) in [4.78, 5) is 0.583. The number of hydrogen-bond acceptors (Lipinski definition) is 2. The van der Waals surface area contributed by atoms with E-state index in [0.29, 0.717) is 23.3 Å². The standard InChI is InChI=1S/C11H21BrO2/c1-2-3-4-14-8-10-6-11(12)5-9(10)7-13/h9-11,13H,2-8H2,1H3/t9-,10-,11-/m1/s1. The third kappa shape index (κ3) is 3.87. The van der Waals surface area contributed by atoms with Gasteiger partial charge in [0.1, 0.15) is 0 Å². The highest BCUT2D eigenvalue weighted by Crippen LogP contribution is 2.35. The van der Waals surface area contributed by atoms with Gasteiger partial charge in [-0.3, -0.25) is 0 Å². The molecule has 2 nitrogen and oxygen atoms in total. The van der Waals surface area contributed by atoms with Crippen molar-refractivity contribution in [3.8, 4) is 0 Å². The van der Waals surface area contributed by atoms with Crippen LogP contribution in [0, 0.1) is 11.8 Å². The van der Waals surface area contributed by atoms with Gasteiger partial charge >= 0.3 is 0 Å². The lowest BCUT2D eigenvalue weighted by Crippen LogP contribution is -2.18. The van der Waals surface area contributed by atoms with Gasteiger partial charge in [0.15, 0.2) is 0 Å². The lowest BCUT2D eigenvalue weighted by molar-refractivity contribution is 0.0692. The summed E-state index contributed by atoms with van der Waals surface area (Å²) >= 11 is 3.62. The summed E-state index contributed by atoms with van der Waals surface area (Å²) in [5.41, 5.74) is 0. The third-order valence-electron chi connectivity index (χ3n) is 2.99. The Morgan fingerprint density at radius 1 is 1.36 bits per heavy atom. The molecule has 1 N–H and O–H groups in total. The first-order valence-corrected chi connectivity index (χ1v) is 6.52. The van der Waals surface area contributed by atoms with Crippen LogP contribution in [0.2, 0.25) is 0 Å². The molecule has 14 heavy (non-hydrogen) atoms. The lowest BCUT2D eigenvalue weighted by atomic mass is 9.98. The van der Waals surface area contributed by atoms with Crippen LogP contribution in [-0.2, 0) is 4.74 Å². The Morgan fingerprint density at radius 3 is 2.71 bits per heavy atom. The first kappa shape index (κ1) is 12.5. The van der Waals surface area contributed by atoms with E-state index in [1.807, 2.05) is 0 Å². The van der Waals surface area contributed by atoms with Crippen molar-refractivity contribution in [3.63, 3.8) is 0 Å². The molecule has 0 heterocycles. The van der Waals surface area contributed by atoms with E-state index in [0.717, 1.165) is 32.5 Å². The molecule has 0 aromatic heterocycles. The monoisotopic (exact) mass is 264 g/mol. The Morgan fingerprint density at radius 2 is 2.07 bits per heavy atom. The van der Waals surface area contributed by atoms with Crippen molar-refractivity contribution in [3.05, 3.63) is 0 Å². The van der Waals surface area contributed by atoms with Crippen LogP contribution in [0.3, 0.4) is 0 Å². The van der Waals surface area contributed by atoms with E-state index >= 15 is 0 Å². The number of aliphatic hydroxyl groups is 1. The van der Waals surface area contributed by atoms with Crippen LogP contribution in [0.5, 0.6) is 0 Å². The fourth-order valence-corrected chi connectivity index (χ4v) is 3.01. The number of aliphatic hydroxyl groups excluding tert-OH is 1. The van der Waals surface area contributed by atoms with E-state index < -0.39 is 0 Å². The molecule has 0 amide bonds. The zero-order chi connectivity index (χ0) is 10.4. The van der Waals surface area contributed by atoms with Gasteiger partial charge in [-0.05, 0) is 31.1 Å². The predicted octanol–water partition coefficient (Wildman–Crippen LogP) is 2.59. The molecule has 0 spiro atoms. The average molecular weight is 265 g/mol. The molecule has 3 atom stereocenters. The van der Waals surface area contributed by atoms with Crippen LogP contribution in [0.1, 0.15) is 32.6 Å². The Kier molecular flexibility index (Phi) is 6.06. The summed E-state index contributed by atoms with van der Waals surface area (Å²) in [6, 6.07) is 0. The number of alkyl halides is 1. The Balaban J connectivity index is 2.15. The first-order valence-electron chi connectivity index (χ1n) is 5.60. The van der Waals surface area contributed by atoms with Crippen molar-refractivity contribution < 1.29 is 9.84 Å². The molecule has 0 radical (unpaired) electrons. The van der Waals surface area contributed by atoms with Gasteiger partial charge in [0.05, 0.1) is 0 Å². The van der Waals surface area contributed by atoms with Crippen molar-refractivity contribution in [2.45, 2.75) is 37.4 Å². The summed E-state index contributed by atoms with van der Waals surface area (Å²) in [6.07, 6.45) is 4.58. The van der Waals surface area contributed by atoms with Gasteiger partial charge in [0.25, 0.3) is 0 Å².